The molecule has 8 heteroatoms. The maximum absolute atomic E-state index is 13.3. The van der Waals surface area contributed by atoms with E-state index in [4.69, 9.17) is 16.3 Å². The number of carbonyl (C=O) groups excluding carboxylic acids is 2. The van der Waals surface area contributed by atoms with Gasteiger partial charge in [-0.05, 0) is 55.0 Å². The second kappa shape index (κ2) is 9.42. The van der Waals surface area contributed by atoms with Crippen LogP contribution in [0.2, 0.25) is 5.02 Å². The average molecular weight is 467 g/mol. The topological polar surface area (TPSA) is 79.7 Å². The lowest BCUT2D eigenvalue weighted by Crippen LogP contribution is -2.29. The van der Waals surface area contributed by atoms with Crippen molar-refractivity contribution >= 4 is 29.1 Å². The molecule has 1 aliphatic rings. The van der Waals surface area contributed by atoms with Gasteiger partial charge in [0, 0.05) is 18.3 Å². The summed E-state index contributed by atoms with van der Waals surface area (Å²) in [6.07, 6.45) is 1.54. The second-order valence-corrected chi connectivity index (χ2v) is 7.79. The van der Waals surface area contributed by atoms with Crippen molar-refractivity contribution in [3.8, 4) is 5.75 Å². The molecule has 0 radical (unpaired) electrons. The van der Waals surface area contributed by atoms with Gasteiger partial charge in [0.1, 0.15) is 23.4 Å². The highest BCUT2D eigenvalue weighted by atomic mass is 35.5. The van der Waals surface area contributed by atoms with Gasteiger partial charge in [0.05, 0.1) is 22.9 Å². The number of carbonyl (C=O) groups is 2. The fraction of sp³-hybridized carbons (Fsp3) is 0.160. The maximum Gasteiger partial charge on any atom is 0.296 e. The number of hydrogen-bond donors (Lipinski definition) is 1. The van der Waals surface area contributed by atoms with E-state index in [1.54, 1.807) is 43.5 Å². The molecule has 2 aromatic carbocycles. The molecule has 0 bridgehead atoms. The Morgan fingerprint density at radius 1 is 1.15 bits per heavy atom. The zero-order chi connectivity index (χ0) is 23.5. The van der Waals surface area contributed by atoms with Gasteiger partial charge in [0.15, 0.2) is 0 Å². The first-order chi connectivity index (χ1) is 15.9. The Morgan fingerprint density at radius 3 is 2.58 bits per heavy atom. The van der Waals surface area contributed by atoms with E-state index in [0.29, 0.717) is 28.6 Å². The summed E-state index contributed by atoms with van der Waals surface area (Å²) in [4.78, 5) is 31.7. The molecule has 1 fully saturated rings. The Hall–Kier alpha value is -3.71. The van der Waals surface area contributed by atoms with Gasteiger partial charge in [-0.15, -0.1) is 0 Å². The monoisotopic (exact) mass is 466 g/mol. The standard InChI is InChI=1S/C25H20ClFN2O4/c1-2-33-20-13-16(8-11-18(20)26)23(30)21-22(19-5-3-4-12-28-19)29(25(32)24(21)31)14-15-6-9-17(27)10-7-15/h3-13,22,30H,2,14H2,1H3/b23-21-. The number of pyridine rings is 1. The summed E-state index contributed by atoms with van der Waals surface area (Å²) in [7, 11) is 0. The number of rotatable bonds is 6. The first kappa shape index (κ1) is 22.5. The minimum atomic E-state index is -0.928. The van der Waals surface area contributed by atoms with Gasteiger partial charge in [-0.1, -0.05) is 29.8 Å². The zero-order valence-electron chi connectivity index (χ0n) is 17.7. The number of aromatic nitrogens is 1. The fourth-order valence-electron chi connectivity index (χ4n) is 3.75. The number of nitrogens with zero attached hydrogens (tertiary/aromatic N) is 2. The van der Waals surface area contributed by atoms with Gasteiger partial charge in [-0.3, -0.25) is 14.6 Å². The van der Waals surface area contributed by atoms with Crippen molar-refractivity contribution in [1.29, 1.82) is 0 Å². The average Bonchev–Trinajstić information content (AvgIpc) is 3.07. The highest BCUT2D eigenvalue weighted by molar-refractivity contribution is 6.46. The third-order valence-electron chi connectivity index (χ3n) is 5.28. The third kappa shape index (κ3) is 4.45. The molecule has 0 aliphatic carbocycles. The number of hydrogen-bond acceptors (Lipinski definition) is 5. The van der Waals surface area contributed by atoms with Crippen molar-refractivity contribution < 1.29 is 23.8 Å². The van der Waals surface area contributed by atoms with E-state index in [0.717, 1.165) is 0 Å². The SMILES string of the molecule is CCOc1cc(/C(O)=C2/C(=O)C(=O)N(Cc3ccc(F)cc3)C2c2ccccn2)ccc1Cl. The molecule has 4 rings (SSSR count). The summed E-state index contributed by atoms with van der Waals surface area (Å²) >= 11 is 6.15. The predicted octanol–water partition coefficient (Wildman–Crippen LogP) is 4.89. The Morgan fingerprint density at radius 2 is 1.91 bits per heavy atom. The van der Waals surface area contributed by atoms with Crippen LogP contribution in [-0.4, -0.2) is 33.3 Å². The van der Waals surface area contributed by atoms with Crippen LogP contribution in [0.3, 0.4) is 0 Å². The number of amides is 1. The Bertz CT molecular complexity index is 1230. The fourth-order valence-corrected chi connectivity index (χ4v) is 3.92. The summed E-state index contributed by atoms with van der Waals surface area (Å²) in [6, 6.07) is 14.4. The molecule has 1 atom stereocenters. The number of halogens is 2. The predicted molar refractivity (Wildman–Crippen MR) is 121 cm³/mol. The number of likely N-dealkylation sites (tertiary alicyclic amines) is 1. The molecule has 0 spiro atoms. The van der Waals surface area contributed by atoms with Crippen LogP contribution in [0.5, 0.6) is 5.75 Å². The highest BCUT2D eigenvalue weighted by Crippen LogP contribution is 2.40. The van der Waals surface area contributed by atoms with Crippen LogP contribution in [0.25, 0.3) is 5.76 Å². The highest BCUT2D eigenvalue weighted by Gasteiger charge is 2.46. The molecule has 1 saturated heterocycles. The van der Waals surface area contributed by atoms with Gasteiger partial charge < -0.3 is 14.7 Å². The third-order valence-corrected chi connectivity index (χ3v) is 5.59. The molecule has 1 aliphatic heterocycles. The molecule has 168 valence electrons. The van der Waals surface area contributed by atoms with E-state index >= 15 is 0 Å². The second-order valence-electron chi connectivity index (χ2n) is 7.39. The van der Waals surface area contributed by atoms with Crippen molar-refractivity contribution in [2.75, 3.05) is 6.61 Å². The van der Waals surface area contributed by atoms with E-state index in [1.165, 1.54) is 35.2 Å². The van der Waals surface area contributed by atoms with Crippen LogP contribution >= 0.6 is 11.6 Å². The van der Waals surface area contributed by atoms with Crippen LogP contribution in [0.15, 0.2) is 72.4 Å². The van der Waals surface area contributed by atoms with E-state index in [9.17, 15) is 19.1 Å². The maximum atomic E-state index is 13.3. The number of ether oxygens (including phenoxy) is 1. The zero-order valence-corrected chi connectivity index (χ0v) is 18.4. The van der Waals surface area contributed by atoms with E-state index in [2.05, 4.69) is 4.98 Å². The Kier molecular flexibility index (Phi) is 6.42. The molecule has 2 heterocycles. The molecule has 0 saturated carbocycles. The molecule has 1 N–H and O–H groups in total. The van der Waals surface area contributed by atoms with Crippen molar-refractivity contribution in [2.45, 2.75) is 19.5 Å². The lowest BCUT2D eigenvalue weighted by atomic mass is 9.98. The first-order valence-corrected chi connectivity index (χ1v) is 10.6. The molecule has 1 aromatic heterocycles. The van der Waals surface area contributed by atoms with E-state index in [1.807, 2.05) is 0 Å². The number of aliphatic hydroxyl groups is 1. The molecule has 1 unspecified atom stereocenters. The minimum absolute atomic E-state index is 0.0354. The molecule has 33 heavy (non-hydrogen) atoms. The van der Waals surface area contributed by atoms with Crippen molar-refractivity contribution in [2.24, 2.45) is 0 Å². The number of aliphatic hydroxyl groups excluding tert-OH is 1. The molecule has 1 amide bonds. The van der Waals surface area contributed by atoms with Gasteiger partial charge >= 0.3 is 0 Å². The Labute approximate surface area is 194 Å². The summed E-state index contributed by atoms with van der Waals surface area (Å²) in [5.74, 6) is -2.04. The van der Waals surface area contributed by atoms with Gasteiger partial charge in [0.2, 0.25) is 0 Å². The summed E-state index contributed by atoms with van der Waals surface area (Å²) < 4.78 is 18.8. The van der Waals surface area contributed by atoms with Gasteiger partial charge in [-0.2, -0.15) is 0 Å². The van der Waals surface area contributed by atoms with Gasteiger partial charge in [-0.25, -0.2) is 4.39 Å². The number of benzene rings is 2. The van der Waals surface area contributed by atoms with Crippen LogP contribution < -0.4 is 4.74 Å². The summed E-state index contributed by atoms with van der Waals surface area (Å²) in [6.45, 7) is 2.19. The normalized spacial score (nSPS) is 17.4. The molecular formula is C25H20ClFN2O4. The van der Waals surface area contributed by atoms with Crippen LogP contribution in [0.4, 0.5) is 4.39 Å². The smallest absolute Gasteiger partial charge is 0.296 e. The number of ketones is 1. The Balaban J connectivity index is 1.83. The molecule has 6 nitrogen and oxygen atoms in total. The van der Waals surface area contributed by atoms with Crippen LogP contribution in [0, 0.1) is 5.82 Å². The van der Waals surface area contributed by atoms with Crippen molar-refractivity contribution in [1.82, 2.24) is 9.88 Å². The largest absolute Gasteiger partial charge is 0.507 e. The van der Waals surface area contributed by atoms with Crippen LogP contribution in [0.1, 0.15) is 29.8 Å². The summed E-state index contributed by atoms with van der Waals surface area (Å²) in [5, 5.41) is 11.5. The number of Topliss-reactive ketones (excluding diaryl/α,β-unsaturated/α-hetero) is 1. The van der Waals surface area contributed by atoms with E-state index < -0.39 is 23.5 Å². The lowest BCUT2D eigenvalue weighted by molar-refractivity contribution is -0.140. The van der Waals surface area contributed by atoms with Crippen LogP contribution in [-0.2, 0) is 16.1 Å². The summed E-state index contributed by atoms with van der Waals surface area (Å²) in [5.41, 5.74) is 1.23. The molecule has 3 aromatic rings. The van der Waals surface area contributed by atoms with E-state index in [-0.39, 0.29) is 23.4 Å². The van der Waals surface area contributed by atoms with Crippen molar-refractivity contribution in [3.63, 3.8) is 0 Å². The van der Waals surface area contributed by atoms with Crippen molar-refractivity contribution in [3.05, 3.63) is 100 Å². The lowest BCUT2D eigenvalue weighted by Gasteiger charge is -2.24. The first-order valence-electron chi connectivity index (χ1n) is 10.3. The van der Waals surface area contributed by atoms with Gasteiger partial charge in [0.25, 0.3) is 11.7 Å². The minimum Gasteiger partial charge on any atom is -0.507 e. The molecular weight excluding hydrogens is 447 g/mol. The quantitative estimate of drug-likeness (QED) is 0.318.